The van der Waals surface area contributed by atoms with Crippen molar-refractivity contribution in [2.24, 2.45) is 23.7 Å². The molecule has 1 aromatic carbocycles. The van der Waals surface area contributed by atoms with Crippen molar-refractivity contribution in [1.29, 1.82) is 0 Å². The van der Waals surface area contributed by atoms with Gasteiger partial charge in [-0.15, -0.1) is 0 Å². The highest BCUT2D eigenvalue weighted by atomic mass is 32.1. The van der Waals surface area contributed by atoms with Crippen molar-refractivity contribution in [3.63, 3.8) is 0 Å². The van der Waals surface area contributed by atoms with Crippen LogP contribution in [0, 0.1) is 23.7 Å². The molecule has 3 amide bonds. The maximum absolute atomic E-state index is 12.7. The zero-order valence-electron chi connectivity index (χ0n) is 15.3. The Morgan fingerprint density at radius 1 is 1.25 bits per heavy atom. The normalized spacial score (nSPS) is 27.7. The number of aromatic nitrogens is 1. The van der Waals surface area contributed by atoms with Gasteiger partial charge in [-0.3, -0.25) is 19.3 Å². The van der Waals surface area contributed by atoms with Gasteiger partial charge in [0.25, 0.3) is 0 Å². The van der Waals surface area contributed by atoms with Crippen LogP contribution in [-0.2, 0) is 14.4 Å². The summed E-state index contributed by atoms with van der Waals surface area (Å²) in [5.41, 5.74) is 0.759. The van der Waals surface area contributed by atoms with Gasteiger partial charge in [-0.25, -0.2) is 4.98 Å². The molecule has 0 radical (unpaired) electrons. The Hall–Kier alpha value is -2.74. The van der Waals surface area contributed by atoms with Crippen LogP contribution in [0.1, 0.15) is 13.3 Å². The van der Waals surface area contributed by atoms with Crippen molar-refractivity contribution in [2.45, 2.75) is 13.3 Å². The zero-order valence-corrected chi connectivity index (χ0v) is 16.1. The van der Waals surface area contributed by atoms with Crippen molar-refractivity contribution in [2.75, 3.05) is 18.5 Å². The van der Waals surface area contributed by atoms with E-state index in [-0.39, 0.29) is 42.0 Å². The molecule has 1 aliphatic heterocycles. The molecule has 28 heavy (non-hydrogen) atoms. The van der Waals surface area contributed by atoms with Gasteiger partial charge < -0.3 is 10.1 Å². The van der Waals surface area contributed by atoms with Crippen LogP contribution in [0.25, 0.3) is 10.2 Å². The van der Waals surface area contributed by atoms with Crippen LogP contribution in [0.4, 0.5) is 5.13 Å². The fourth-order valence-electron chi connectivity index (χ4n) is 4.64. The largest absolute Gasteiger partial charge is 0.494 e. The third-order valence-electron chi connectivity index (χ3n) is 5.78. The van der Waals surface area contributed by atoms with E-state index in [9.17, 15) is 14.4 Å². The Morgan fingerprint density at radius 3 is 2.64 bits per heavy atom. The minimum absolute atomic E-state index is 0.142. The summed E-state index contributed by atoms with van der Waals surface area (Å²) < 4.78 is 6.38. The minimum Gasteiger partial charge on any atom is -0.494 e. The predicted molar refractivity (Wildman–Crippen MR) is 104 cm³/mol. The fraction of sp³-hybridized carbons (Fsp3) is 0.400. The summed E-state index contributed by atoms with van der Waals surface area (Å²) in [5, 5.41) is 3.16. The number of allylic oxidation sites excluding steroid dienone is 2. The van der Waals surface area contributed by atoms with E-state index in [0.29, 0.717) is 11.7 Å². The number of imide groups is 1. The second-order valence-corrected chi connectivity index (χ2v) is 8.42. The van der Waals surface area contributed by atoms with Crippen LogP contribution in [-0.4, -0.2) is 40.8 Å². The van der Waals surface area contributed by atoms with Crippen LogP contribution in [0.15, 0.2) is 30.4 Å². The second kappa shape index (κ2) is 6.41. The van der Waals surface area contributed by atoms with Gasteiger partial charge in [0.15, 0.2) is 5.13 Å². The van der Waals surface area contributed by atoms with E-state index in [1.54, 1.807) is 0 Å². The number of anilines is 1. The van der Waals surface area contributed by atoms with Crippen LogP contribution < -0.4 is 10.1 Å². The Balaban J connectivity index is 1.28. The molecule has 1 aromatic heterocycles. The Kier molecular flexibility index (Phi) is 3.97. The number of carbonyl (C=O) groups excluding carboxylic acids is 3. The standard InChI is InChI=1S/C20H19N3O4S/c1-2-27-12-5-6-13-14(8-12)28-20(21-13)22-15(24)9-23-18(25)16-10-3-4-11(7-10)17(16)19(23)26/h3-6,8,10-11,16-17H,2,7,9H2,1H3,(H,21,22,24)/t10-,11-,16+,17+/m0/s1. The van der Waals surface area contributed by atoms with Gasteiger partial charge >= 0.3 is 0 Å². The zero-order chi connectivity index (χ0) is 19.4. The molecule has 2 bridgehead atoms. The topological polar surface area (TPSA) is 88.6 Å². The van der Waals surface area contributed by atoms with E-state index in [2.05, 4.69) is 10.3 Å². The first-order chi connectivity index (χ1) is 13.5. The second-order valence-electron chi connectivity index (χ2n) is 7.39. The molecule has 2 aliphatic carbocycles. The van der Waals surface area contributed by atoms with Crippen molar-refractivity contribution in [3.8, 4) is 5.75 Å². The summed E-state index contributed by atoms with van der Waals surface area (Å²) in [7, 11) is 0. The number of benzene rings is 1. The molecule has 0 unspecified atom stereocenters. The monoisotopic (exact) mass is 397 g/mol. The van der Waals surface area contributed by atoms with Gasteiger partial charge in [0.1, 0.15) is 12.3 Å². The van der Waals surface area contributed by atoms with Crippen molar-refractivity contribution >= 4 is 44.4 Å². The average Bonchev–Trinajstić information content (AvgIpc) is 3.41. The van der Waals surface area contributed by atoms with Crippen LogP contribution in [0.3, 0.4) is 0 Å². The van der Waals surface area contributed by atoms with Gasteiger partial charge in [-0.05, 0) is 43.4 Å². The summed E-state index contributed by atoms with van der Waals surface area (Å²) in [6, 6.07) is 5.55. The van der Waals surface area contributed by atoms with Gasteiger partial charge in [0, 0.05) is 0 Å². The molecular weight excluding hydrogens is 378 g/mol. The number of likely N-dealkylation sites (tertiary alicyclic amines) is 1. The van der Waals surface area contributed by atoms with Crippen LogP contribution in [0.5, 0.6) is 5.75 Å². The maximum Gasteiger partial charge on any atom is 0.246 e. The Bertz CT molecular complexity index is 1000. The number of carbonyl (C=O) groups is 3. The molecule has 0 spiro atoms. The lowest BCUT2D eigenvalue weighted by atomic mass is 9.85. The fourth-order valence-corrected chi connectivity index (χ4v) is 5.55. The molecule has 8 heteroatoms. The lowest BCUT2D eigenvalue weighted by Crippen LogP contribution is -2.39. The van der Waals surface area contributed by atoms with Gasteiger partial charge in [0.05, 0.1) is 28.7 Å². The van der Waals surface area contributed by atoms with Gasteiger partial charge in [-0.1, -0.05) is 23.5 Å². The van der Waals surface area contributed by atoms with E-state index >= 15 is 0 Å². The molecule has 144 valence electrons. The molecule has 3 aliphatic rings. The third-order valence-corrected chi connectivity index (χ3v) is 6.71. The summed E-state index contributed by atoms with van der Waals surface area (Å²) in [5.74, 6) is -0.373. The Morgan fingerprint density at radius 2 is 1.96 bits per heavy atom. The van der Waals surface area contributed by atoms with E-state index in [4.69, 9.17) is 4.74 Å². The number of amides is 3. The predicted octanol–water partition coefficient (Wildman–Crippen LogP) is 2.44. The molecule has 1 N–H and O–H groups in total. The molecule has 2 heterocycles. The lowest BCUT2D eigenvalue weighted by Gasteiger charge is -2.16. The number of hydrogen-bond donors (Lipinski definition) is 1. The lowest BCUT2D eigenvalue weighted by molar-refractivity contribution is -0.143. The summed E-state index contributed by atoms with van der Waals surface area (Å²) in [4.78, 5) is 43.3. The highest BCUT2D eigenvalue weighted by Crippen LogP contribution is 2.52. The number of nitrogens with one attached hydrogen (secondary N) is 1. The molecule has 1 saturated heterocycles. The van der Waals surface area contributed by atoms with Crippen LogP contribution >= 0.6 is 11.3 Å². The summed E-state index contributed by atoms with van der Waals surface area (Å²) in [6.45, 7) is 2.23. The number of rotatable bonds is 5. The first-order valence-corrected chi connectivity index (χ1v) is 10.2. The third kappa shape index (κ3) is 2.63. The first-order valence-electron chi connectivity index (χ1n) is 9.42. The number of nitrogens with zero attached hydrogens (tertiary/aromatic N) is 2. The number of fused-ring (bicyclic) bond motifs is 6. The van der Waals surface area contributed by atoms with Crippen molar-refractivity contribution in [3.05, 3.63) is 30.4 Å². The SMILES string of the molecule is CCOc1ccc2nc(NC(=O)CN3C(=O)[C@H]4[C@H](C3=O)[C@H]3C=C[C@H]4C3)sc2c1. The first kappa shape index (κ1) is 17.4. The average molecular weight is 397 g/mol. The molecule has 4 atom stereocenters. The maximum atomic E-state index is 12.7. The van der Waals surface area contributed by atoms with Crippen molar-refractivity contribution in [1.82, 2.24) is 9.88 Å². The smallest absolute Gasteiger partial charge is 0.246 e. The molecule has 1 saturated carbocycles. The number of thiazole rings is 1. The van der Waals surface area contributed by atoms with Gasteiger partial charge in [0.2, 0.25) is 17.7 Å². The molecule has 5 rings (SSSR count). The van der Waals surface area contributed by atoms with Gasteiger partial charge in [-0.2, -0.15) is 0 Å². The van der Waals surface area contributed by atoms with E-state index in [0.717, 1.165) is 27.3 Å². The van der Waals surface area contributed by atoms with Crippen LogP contribution in [0.2, 0.25) is 0 Å². The highest BCUT2D eigenvalue weighted by Gasteiger charge is 2.59. The highest BCUT2D eigenvalue weighted by molar-refractivity contribution is 7.22. The van der Waals surface area contributed by atoms with Crippen molar-refractivity contribution < 1.29 is 19.1 Å². The molecule has 2 fully saturated rings. The summed E-state index contributed by atoms with van der Waals surface area (Å²) in [6.07, 6.45) is 4.96. The minimum atomic E-state index is -0.411. The van der Waals surface area contributed by atoms with E-state index < -0.39 is 5.91 Å². The molecular formula is C20H19N3O4S. The number of ether oxygens (including phenoxy) is 1. The summed E-state index contributed by atoms with van der Waals surface area (Å²) >= 11 is 1.33. The van der Waals surface area contributed by atoms with E-state index in [1.165, 1.54) is 11.3 Å². The Labute approximate surface area is 165 Å². The molecule has 2 aromatic rings. The molecule has 7 nitrogen and oxygen atoms in total. The quantitative estimate of drug-likeness (QED) is 0.618. The number of hydrogen-bond acceptors (Lipinski definition) is 6. The van der Waals surface area contributed by atoms with E-state index in [1.807, 2.05) is 37.3 Å².